The smallest absolute Gasteiger partial charge is 0.241 e. The number of benzene rings is 4. The standard InChI is InChI=1S/C27H25ClN2O2S/c28-24-16-18-25(19-17-24)33(31,32)30-27(23-14-8-3-9-15-23)26(22-12-6-2-7-13-22)29-20-21-10-4-1-5-11-21/h1-19,26-27,29-30H,20H2/t26-,27-/m1/s1. The Morgan fingerprint density at radius 3 is 1.67 bits per heavy atom. The van der Waals surface area contributed by atoms with Crippen molar-refractivity contribution in [1.29, 1.82) is 0 Å². The maximum absolute atomic E-state index is 13.4. The average molecular weight is 477 g/mol. The van der Waals surface area contributed by atoms with Crippen LogP contribution in [0.25, 0.3) is 0 Å². The maximum Gasteiger partial charge on any atom is 0.241 e. The molecule has 2 N–H and O–H groups in total. The first-order valence-electron chi connectivity index (χ1n) is 10.7. The van der Waals surface area contributed by atoms with Crippen LogP contribution in [-0.4, -0.2) is 8.42 Å². The fourth-order valence-corrected chi connectivity index (χ4v) is 5.11. The number of hydrogen-bond acceptors (Lipinski definition) is 3. The van der Waals surface area contributed by atoms with Crippen molar-refractivity contribution in [2.75, 3.05) is 0 Å². The molecule has 0 aliphatic heterocycles. The minimum Gasteiger partial charge on any atom is -0.304 e. The predicted octanol–water partition coefficient (Wildman–Crippen LogP) is 5.89. The van der Waals surface area contributed by atoms with E-state index in [1.165, 1.54) is 12.1 Å². The fraction of sp³-hybridized carbons (Fsp3) is 0.111. The minimum atomic E-state index is -3.81. The molecular weight excluding hydrogens is 452 g/mol. The second-order valence-corrected chi connectivity index (χ2v) is 9.87. The molecule has 0 unspecified atom stereocenters. The molecule has 0 aliphatic rings. The predicted molar refractivity (Wildman–Crippen MR) is 133 cm³/mol. The third kappa shape index (κ3) is 6.09. The largest absolute Gasteiger partial charge is 0.304 e. The number of hydrogen-bond donors (Lipinski definition) is 2. The number of nitrogens with one attached hydrogen (secondary N) is 2. The van der Waals surface area contributed by atoms with Crippen molar-refractivity contribution < 1.29 is 8.42 Å². The minimum absolute atomic E-state index is 0.169. The molecule has 0 spiro atoms. The highest BCUT2D eigenvalue weighted by molar-refractivity contribution is 7.89. The van der Waals surface area contributed by atoms with Gasteiger partial charge in [0.25, 0.3) is 0 Å². The van der Waals surface area contributed by atoms with Crippen molar-refractivity contribution in [3.05, 3.63) is 137 Å². The van der Waals surface area contributed by atoms with E-state index >= 15 is 0 Å². The first kappa shape index (κ1) is 23.2. The van der Waals surface area contributed by atoms with Crippen LogP contribution in [-0.2, 0) is 16.6 Å². The lowest BCUT2D eigenvalue weighted by Gasteiger charge is -2.30. The molecule has 2 atom stereocenters. The Hall–Kier alpha value is -2.96. The molecule has 33 heavy (non-hydrogen) atoms. The lowest BCUT2D eigenvalue weighted by Crippen LogP contribution is -2.38. The van der Waals surface area contributed by atoms with Crippen molar-refractivity contribution in [3.63, 3.8) is 0 Å². The first-order chi connectivity index (χ1) is 16.0. The summed E-state index contributed by atoms with van der Waals surface area (Å²) in [6.07, 6.45) is 0. The molecule has 0 amide bonds. The van der Waals surface area contributed by atoms with Gasteiger partial charge in [-0.15, -0.1) is 0 Å². The van der Waals surface area contributed by atoms with Crippen LogP contribution in [0.15, 0.2) is 120 Å². The molecule has 168 valence electrons. The van der Waals surface area contributed by atoms with Crippen molar-refractivity contribution in [1.82, 2.24) is 10.0 Å². The molecule has 6 heteroatoms. The number of rotatable bonds is 9. The second kappa shape index (κ2) is 10.8. The molecule has 0 saturated heterocycles. The van der Waals surface area contributed by atoms with Crippen LogP contribution in [0.2, 0.25) is 5.02 Å². The zero-order chi connectivity index (χ0) is 23.1. The molecule has 4 rings (SSSR count). The second-order valence-electron chi connectivity index (χ2n) is 7.72. The first-order valence-corrected chi connectivity index (χ1v) is 12.5. The van der Waals surface area contributed by atoms with Gasteiger partial charge in [-0.05, 0) is 41.0 Å². The van der Waals surface area contributed by atoms with Gasteiger partial charge in [-0.2, -0.15) is 0 Å². The summed E-state index contributed by atoms with van der Waals surface area (Å²) < 4.78 is 29.7. The third-order valence-corrected chi connectivity index (χ3v) is 7.13. The van der Waals surface area contributed by atoms with Gasteiger partial charge in [0, 0.05) is 11.6 Å². The van der Waals surface area contributed by atoms with Gasteiger partial charge in [-0.1, -0.05) is 103 Å². The molecule has 0 bridgehead atoms. The fourth-order valence-electron chi connectivity index (χ4n) is 3.75. The van der Waals surface area contributed by atoms with Crippen LogP contribution in [0, 0.1) is 0 Å². The quantitative estimate of drug-likeness (QED) is 0.316. The van der Waals surface area contributed by atoms with E-state index < -0.39 is 16.1 Å². The van der Waals surface area contributed by atoms with E-state index in [-0.39, 0.29) is 10.9 Å². The van der Waals surface area contributed by atoms with Gasteiger partial charge >= 0.3 is 0 Å². The van der Waals surface area contributed by atoms with Gasteiger partial charge < -0.3 is 5.32 Å². The van der Waals surface area contributed by atoms with E-state index in [0.29, 0.717) is 11.6 Å². The van der Waals surface area contributed by atoms with Crippen molar-refractivity contribution in [2.45, 2.75) is 23.5 Å². The van der Waals surface area contributed by atoms with Gasteiger partial charge in [-0.3, -0.25) is 0 Å². The SMILES string of the molecule is O=S(=O)(N[C@H](c1ccccc1)[C@H](NCc1ccccc1)c1ccccc1)c1ccc(Cl)cc1. The van der Waals surface area contributed by atoms with Gasteiger partial charge in [0.1, 0.15) is 0 Å². The summed E-state index contributed by atoms with van der Waals surface area (Å²) in [5.41, 5.74) is 2.97. The van der Waals surface area contributed by atoms with Crippen molar-refractivity contribution in [3.8, 4) is 0 Å². The summed E-state index contributed by atoms with van der Waals surface area (Å²) in [6.45, 7) is 0.590. The zero-order valence-corrected chi connectivity index (χ0v) is 19.5. The summed E-state index contributed by atoms with van der Waals surface area (Å²) >= 11 is 5.97. The molecule has 4 aromatic carbocycles. The Kier molecular flexibility index (Phi) is 7.57. The third-order valence-electron chi connectivity index (χ3n) is 5.43. The van der Waals surface area contributed by atoms with E-state index in [9.17, 15) is 8.42 Å². The molecular formula is C27H25ClN2O2S. The van der Waals surface area contributed by atoms with Crippen LogP contribution in [0.4, 0.5) is 0 Å². The Labute approximate surface area is 200 Å². The molecule has 0 radical (unpaired) electrons. The Bertz CT molecular complexity index is 1250. The van der Waals surface area contributed by atoms with E-state index in [1.54, 1.807) is 12.1 Å². The lowest BCUT2D eigenvalue weighted by atomic mass is 9.94. The molecule has 4 aromatic rings. The highest BCUT2D eigenvalue weighted by atomic mass is 35.5. The van der Waals surface area contributed by atoms with Crippen LogP contribution in [0.5, 0.6) is 0 Å². The molecule has 0 saturated carbocycles. The highest BCUT2D eigenvalue weighted by Gasteiger charge is 2.29. The summed E-state index contributed by atoms with van der Waals surface area (Å²) in [6, 6.07) is 34.9. The summed E-state index contributed by atoms with van der Waals surface area (Å²) in [5, 5.41) is 4.07. The van der Waals surface area contributed by atoms with E-state index in [4.69, 9.17) is 11.6 Å². The zero-order valence-electron chi connectivity index (χ0n) is 17.9. The Balaban J connectivity index is 1.72. The summed E-state index contributed by atoms with van der Waals surface area (Å²) in [5.74, 6) is 0. The van der Waals surface area contributed by atoms with Gasteiger partial charge in [0.15, 0.2) is 0 Å². The maximum atomic E-state index is 13.4. The lowest BCUT2D eigenvalue weighted by molar-refractivity contribution is 0.421. The monoisotopic (exact) mass is 476 g/mol. The van der Waals surface area contributed by atoms with Crippen LogP contribution < -0.4 is 10.0 Å². The van der Waals surface area contributed by atoms with Crippen LogP contribution in [0.3, 0.4) is 0 Å². The van der Waals surface area contributed by atoms with E-state index in [2.05, 4.69) is 10.0 Å². The Morgan fingerprint density at radius 1 is 0.636 bits per heavy atom. The number of sulfonamides is 1. The Morgan fingerprint density at radius 2 is 1.12 bits per heavy atom. The molecule has 4 nitrogen and oxygen atoms in total. The van der Waals surface area contributed by atoms with E-state index in [0.717, 1.165) is 16.7 Å². The van der Waals surface area contributed by atoms with Crippen LogP contribution in [0.1, 0.15) is 28.8 Å². The molecule has 0 fully saturated rings. The summed E-state index contributed by atoms with van der Waals surface area (Å²) in [7, 11) is -3.81. The van der Waals surface area contributed by atoms with Gasteiger partial charge in [0.05, 0.1) is 17.0 Å². The highest BCUT2D eigenvalue weighted by Crippen LogP contribution is 2.31. The van der Waals surface area contributed by atoms with E-state index in [1.807, 2.05) is 91.0 Å². The topological polar surface area (TPSA) is 58.2 Å². The van der Waals surface area contributed by atoms with Crippen molar-refractivity contribution >= 4 is 21.6 Å². The number of halogens is 1. The van der Waals surface area contributed by atoms with Crippen molar-refractivity contribution in [2.24, 2.45) is 0 Å². The normalized spacial score (nSPS) is 13.4. The summed E-state index contributed by atoms with van der Waals surface area (Å²) in [4.78, 5) is 0.169. The van der Waals surface area contributed by atoms with Gasteiger partial charge in [0.2, 0.25) is 10.0 Å². The molecule has 0 aliphatic carbocycles. The van der Waals surface area contributed by atoms with Gasteiger partial charge in [-0.25, -0.2) is 13.1 Å². The average Bonchev–Trinajstić information content (AvgIpc) is 2.85. The molecule has 0 aromatic heterocycles. The van der Waals surface area contributed by atoms with Crippen LogP contribution >= 0.6 is 11.6 Å². The molecule has 0 heterocycles.